The Hall–Kier alpha value is -1.79. The predicted octanol–water partition coefficient (Wildman–Crippen LogP) is 2.30. The maximum Gasteiger partial charge on any atom is 0.254 e. The summed E-state index contributed by atoms with van der Waals surface area (Å²) in [7, 11) is 3.07. The summed E-state index contributed by atoms with van der Waals surface area (Å²) in [6.45, 7) is 0. The number of hydrogen-bond acceptors (Lipinski definition) is 5. The largest absolute Gasteiger partial charge is 0.493 e. The van der Waals surface area contributed by atoms with Gasteiger partial charge in [-0.25, -0.2) is 0 Å². The highest BCUT2D eigenvalue weighted by atomic mass is 16.5. The third kappa shape index (κ3) is 4.85. The lowest BCUT2D eigenvalue weighted by Gasteiger charge is -2.26. The molecule has 24 heavy (non-hydrogen) atoms. The quantitative estimate of drug-likeness (QED) is 0.710. The minimum absolute atomic E-state index is 0.495. The molecule has 0 bridgehead atoms. The summed E-state index contributed by atoms with van der Waals surface area (Å²) in [4.78, 5) is 12.2. The van der Waals surface area contributed by atoms with Crippen molar-refractivity contribution in [2.75, 3.05) is 19.5 Å². The van der Waals surface area contributed by atoms with Crippen molar-refractivity contribution in [1.29, 1.82) is 0 Å². The van der Waals surface area contributed by atoms with Crippen LogP contribution in [0.3, 0.4) is 0 Å². The topological polar surface area (TPSA) is 93.8 Å². The average molecular weight is 336 g/mol. The second-order valence-electron chi connectivity index (χ2n) is 6.41. The van der Waals surface area contributed by atoms with Crippen LogP contribution in [0.25, 0.3) is 0 Å². The smallest absolute Gasteiger partial charge is 0.254 e. The van der Waals surface area contributed by atoms with Gasteiger partial charge in [-0.1, -0.05) is 32.1 Å². The van der Waals surface area contributed by atoms with Crippen molar-refractivity contribution in [2.45, 2.75) is 50.7 Å². The van der Waals surface area contributed by atoms with Crippen LogP contribution in [0.5, 0.6) is 11.5 Å². The van der Waals surface area contributed by atoms with E-state index in [1.54, 1.807) is 25.3 Å². The van der Waals surface area contributed by atoms with Gasteiger partial charge in [-0.05, 0) is 24.5 Å². The van der Waals surface area contributed by atoms with Crippen LogP contribution in [0.1, 0.15) is 38.5 Å². The van der Waals surface area contributed by atoms with Gasteiger partial charge in [0.2, 0.25) is 0 Å². The number of carbonyl (C=O) groups excluding carboxylic acids is 1. The summed E-state index contributed by atoms with van der Waals surface area (Å²) >= 11 is 0. The average Bonchev–Trinajstić information content (AvgIpc) is 2.61. The molecule has 1 aromatic rings. The molecule has 1 unspecified atom stereocenters. The number of aliphatic hydroxyl groups excluding tert-OH is 1. The molecule has 1 aliphatic rings. The predicted molar refractivity (Wildman–Crippen MR) is 93.3 cm³/mol. The van der Waals surface area contributed by atoms with Crippen molar-refractivity contribution in [3.05, 3.63) is 18.2 Å². The van der Waals surface area contributed by atoms with Gasteiger partial charge in [0.05, 0.1) is 14.2 Å². The van der Waals surface area contributed by atoms with Crippen molar-refractivity contribution in [3.63, 3.8) is 0 Å². The summed E-state index contributed by atoms with van der Waals surface area (Å²) in [5, 5.41) is 12.9. The van der Waals surface area contributed by atoms with Crippen LogP contribution >= 0.6 is 0 Å². The van der Waals surface area contributed by atoms with Crippen molar-refractivity contribution in [3.8, 4) is 11.5 Å². The molecule has 0 spiro atoms. The molecule has 2 atom stereocenters. The first kappa shape index (κ1) is 18.5. The van der Waals surface area contributed by atoms with Gasteiger partial charge in [-0.2, -0.15) is 0 Å². The lowest BCUT2D eigenvalue weighted by molar-refractivity contribution is -0.125. The van der Waals surface area contributed by atoms with Crippen LogP contribution in [0, 0.1) is 5.92 Å². The standard InChI is InChI=1S/C18H28N2O4/c1-23-15-9-8-13(11-16(15)24-2)20-18(22)17(21)14(19)10-12-6-4-3-5-7-12/h8-9,11-12,14,17,21H,3-7,10,19H2,1-2H3,(H,20,22)/t14-,17?/m1/s1. The summed E-state index contributed by atoms with van der Waals surface area (Å²) in [5.74, 6) is 1.10. The minimum Gasteiger partial charge on any atom is -0.493 e. The van der Waals surface area contributed by atoms with Gasteiger partial charge >= 0.3 is 0 Å². The molecule has 6 heteroatoms. The molecular formula is C18H28N2O4. The number of amides is 1. The second-order valence-corrected chi connectivity index (χ2v) is 6.41. The van der Waals surface area contributed by atoms with Crippen LogP contribution in [0.2, 0.25) is 0 Å². The number of aliphatic hydroxyl groups is 1. The van der Waals surface area contributed by atoms with E-state index < -0.39 is 18.1 Å². The highest BCUT2D eigenvalue weighted by Gasteiger charge is 2.26. The Morgan fingerprint density at radius 3 is 2.54 bits per heavy atom. The van der Waals surface area contributed by atoms with Crippen molar-refractivity contribution in [1.82, 2.24) is 0 Å². The van der Waals surface area contributed by atoms with Crippen LogP contribution in [0.4, 0.5) is 5.69 Å². The van der Waals surface area contributed by atoms with Gasteiger partial charge in [0, 0.05) is 17.8 Å². The SMILES string of the molecule is COc1ccc(NC(=O)C(O)[C@H](N)CC2CCCCC2)cc1OC. The molecule has 1 amide bonds. The molecule has 0 heterocycles. The molecule has 4 N–H and O–H groups in total. The number of carbonyl (C=O) groups is 1. The Kier molecular flexibility index (Phi) is 6.87. The molecule has 1 fully saturated rings. The Labute approximate surface area is 143 Å². The lowest BCUT2D eigenvalue weighted by Crippen LogP contribution is -2.44. The lowest BCUT2D eigenvalue weighted by atomic mass is 9.84. The number of methoxy groups -OCH3 is 2. The number of anilines is 1. The number of hydrogen-bond donors (Lipinski definition) is 3. The summed E-state index contributed by atoms with van der Waals surface area (Å²) in [6.07, 6.45) is 5.43. The van der Waals surface area contributed by atoms with E-state index in [1.165, 1.54) is 26.4 Å². The summed E-state index contributed by atoms with van der Waals surface area (Å²) in [6, 6.07) is 4.49. The Morgan fingerprint density at radius 1 is 1.25 bits per heavy atom. The molecule has 1 aromatic carbocycles. The maximum absolute atomic E-state index is 12.2. The van der Waals surface area contributed by atoms with E-state index in [0.29, 0.717) is 29.5 Å². The van der Waals surface area contributed by atoms with Gasteiger partial charge in [-0.15, -0.1) is 0 Å². The van der Waals surface area contributed by atoms with E-state index in [4.69, 9.17) is 15.2 Å². The van der Waals surface area contributed by atoms with E-state index in [2.05, 4.69) is 5.32 Å². The van der Waals surface area contributed by atoms with E-state index in [0.717, 1.165) is 12.8 Å². The molecule has 6 nitrogen and oxygen atoms in total. The normalized spacial score (nSPS) is 17.8. The Morgan fingerprint density at radius 2 is 1.92 bits per heavy atom. The highest BCUT2D eigenvalue weighted by molar-refractivity contribution is 5.94. The first-order valence-corrected chi connectivity index (χ1v) is 8.51. The molecule has 1 aliphatic carbocycles. The minimum atomic E-state index is -1.22. The molecule has 0 radical (unpaired) electrons. The van der Waals surface area contributed by atoms with Crippen molar-refractivity contribution >= 4 is 11.6 Å². The first-order chi connectivity index (χ1) is 11.5. The zero-order valence-electron chi connectivity index (χ0n) is 14.5. The summed E-state index contributed by atoms with van der Waals surface area (Å²) < 4.78 is 10.4. The molecule has 2 rings (SSSR count). The maximum atomic E-state index is 12.2. The van der Waals surface area contributed by atoms with Crippen molar-refractivity contribution < 1.29 is 19.4 Å². The third-order valence-electron chi connectivity index (χ3n) is 4.66. The van der Waals surface area contributed by atoms with E-state index in [1.807, 2.05) is 0 Å². The van der Waals surface area contributed by atoms with Crippen LogP contribution in [-0.2, 0) is 4.79 Å². The van der Waals surface area contributed by atoms with Gasteiger partial charge < -0.3 is 25.6 Å². The highest BCUT2D eigenvalue weighted by Crippen LogP contribution is 2.30. The fraction of sp³-hybridized carbons (Fsp3) is 0.611. The first-order valence-electron chi connectivity index (χ1n) is 8.51. The van der Waals surface area contributed by atoms with Gasteiger partial charge in [0.15, 0.2) is 11.5 Å². The van der Waals surface area contributed by atoms with E-state index in [-0.39, 0.29) is 0 Å². The monoisotopic (exact) mass is 336 g/mol. The zero-order chi connectivity index (χ0) is 17.5. The molecule has 1 saturated carbocycles. The number of ether oxygens (including phenoxy) is 2. The summed E-state index contributed by atoms with van der Waals surface area (Å²) in [5.41, 5.74) is 6.58. The van der Waals surface area contributed by atoms with Crippen LogP contribution in [-0.4, -0.2) is 37.4 Å². The van der Waals surface area contributed by atoms with Crippen LogP contribution < -0.4 is 20.5 Å². The molecule has 134 valence electrons. The van der Waals surface area contributed by atoms with Gasteiger partial charge in [0.25, 0.3) is 5.91 Å². The zero-order valence-corrected chi connectivity index (χ0v) is 14.5. The fourth-order valence-electron chi connectivity index (χ4n) is 3.26. The number of nitrogens with one attached hydrogen (secondary N) is 1. The number of benzene rings is 1. The van der Waals surface area contributed by atoms with Gasteiger partial charge in [0.1, 0.15) is 6.10 Å². The fourth-order valence-corrected chi connectivity index (χ4v) is 3.26. The molecule has 0 aliphatic heterocycles. The number of rotatable bonds is 7. The molecule has 0 saturated heterocycles. The Bertz CT molecular complexity index is 544. The molecule has 0 aromatic heterocycles. The van der Waals surface area contributed by atoms with E-state index >= 15 is 0 Å². The number of nitrogens with two attached hydrogens (primary N) is 1. The Balaban J connectivity index is 1.92. The third-order valence-corrected chi connectivity index (χ3v) is 4.66. The second kappa shape index (κ2) is 8.89. The van der Waals surface area contributed by atoms with E-state index in [9.17, 15) is 9.90 Å². The van der Waals surface area contributed by atoms with Gasteiger partial charge in [-0.3, -0.25) is 4.79 Å². The van der Waals surface area contributed by atoms with Crippen LogP contribution in [0.15, 0.2) is 18.2 Å². The molecular weight excluding hydrogens is 308 g/mol. The van der Waals surface area contributed by atoms with Crippen molar-refractivity contribution in [2.24, 2.45) is 11.7 Å².